The molecule has 9 heteroatoms. The molecule has 2 aromatic rings. The van der Waals surface area contributed by atoms with Crippen molar-refractivity contribution in [3.05, 3.63) is 24.3 Å². The molecule has 0 radical (unpaired) electrons. The highest BCUT2D eigenvalue weighted by Gasteiger charge is 2.16. The number of carbonyl (C=O) groups excluding carboxylic acids is 3. The molecule has 2 rings (SSSR count). The van der Waals surface area contributed by atoms with Crippen LogP contribution in [-0.4, -0.2) is 60.2 Å². The van der Waals surface area contributed by atoms with Crippen molar-refractivity contribution in [2.45, 2.75) is 18.6 Å². The van der Waals surface area contributed by atoms with Gasteiger partial charge >= 0.3 is 5.97 Å². The van der Waals surface area contributed by atoms with Gasteiger partial charge in [0.1, 0.15) is 11.3 Å². The summed E-state index contributed by atoms with van der Waals surface area (Å²) in [4.78, 5) is 40.6. The summed E-state index contributed by atoms with van der Waals surface area (Å²) in [6, 6.07) is 7.28. The van der Waals surface area contributed by atoms with Crippen LogP contribution in [0.3, 0.4) is 0 Å². The zero-order valence-electron chi connectivity index (χ0n) is 14.7. The van der Waals surface area contributed by atoms with Gasteiger partial charge < -0.3 is 19.4 Å². The van der Waals surface area contributed by atoms with E-state index < -0.39 is 18.5 Å². The van der Waals surface area contributed by atoms with Gasteiger partial charge in [-0.05, 0) is 18.6 Å². The molecule has 1 aromatic heterocycles. The molecule has 0 aliphatic rings. The summed E-state index contributed by atoms with van der Waals surface area (Å²) >= 11 is 1.09. The Morgan fingerprint density at radius 1 is 1.31 bits per heavy atom. The number of hydrogen-bond donors (Lipinski definition) is 1. The molecule has 0 aliphatic carbocycles. The van der Waals surface area contributed by atoms with Crippen molar-refractivity contribution in [2.75, 3.05) is 32.5 Å². The highest BCUT2D eigenvalue weighted by molar-refractivity contribution is 7.99. The van der Waals surface area contributed by atoms with E-state index in [4.69, 9.17) is 9.15 Å². The van der Waals surface area contributed by atoms with Crippen LogP contribution in [-0.2, 0) is 19.1 Å². The topological polar surface area (TPSA) is 102 Å². The Morgan fingerprint density at radius 2 is 2.08 bits per heavy atom. The molecule has 0 saturated heterocycles. The van der Waals surface area contributed by atoms with Crippen LogP contribution >= 0.6 is 11.8 Å². The number of rotatable bonds is 9. The maximum Gasteiger partial charge on any atom is 0.316 e. The number of carbonyl (C=O) groups is 3. The van der Waals surface area contributed by atoms with Crippen LogP contribution in [0.4, 0.5) is 0 Å². The predicted octanol–water partition coefficient (Wildman–Crippen LogP) is 1.45. The predicted molar refractivity (Wildman–Crippen MR) is 96.6 cm³/mol. The lowest BCUT2D eigenvalue weighted by atomic mass is 10.3. The number of para-hydroxylation sites is 2. The number of oxazole rings is 1. The van der Waals surface area contributed by atoms with E-state index in [2.05, 4.69) is 10.3 Å². The summed E-state index contributed by atoms with van der Waals surface area (Å²) < 4.78 is 10.4. The van der Waals surface area contributed by atoms with E-state index in [9.17, 15) is 14.4 Å². The van der Waals surface area contributed by atoms with Gasteiger partial charge in [-0.3, -0.25) is 14.4 Å². The molecule has 0 spiro atoms. The van der Waals surface area contributed by atoms with Gasteiger partial charge in [0.05, 0.1) is 6.54 Å². The standard InChI is InChI=1S/C17H21N3O5S/c1-3-8-18-14(21)9-20(2)15(22)10-24-16(23)11-26-17-19-12-6-4-5-7-13(12)25-17/h4-7H,3,8-11H2,1-2H3,(H,18,21). The Labute approximate surface area is 155 Å². The monoisotopic (exact) mass is 379 g/mol. The van der Waals surface area contributed by atoms with Crippen LogP contribution in [0.2, 0.25) is 0 Å². The molecule has 1 heterocycles. The van der Waals surface area contributed by atoms with Gasteiger partial charge in [0.25, 0.3) is 11.1 Å². The van der Waals surface area contributed by atoms with E-state index in [1.54, 1.807) is 6.07 Å². The fourth-order valence-electron chi connectivity index (χ4n) is 1.95. The van der Waals surface area contributed by atoms with Crippen molar-refractivity contribution in [3.63, 3.8) is 0 Å². The van der Waals surface area contributed by atoms with Gasteiger partial charge in [0.15, 0.2) is 12.2 Å². The van der Waals surface area contributed by atoms with E-state index in [-0.39, 0.29) is 18.2 Å². The molecule has 0 saturated carbocycles. The first kappa shape index (κ1) is 19.8. The van der Waals surface area contributed by atoms with Crippen molar-refractivity contribution in [3.8, 4) is 0 Å². The number of nitrogens with zero attached hydrogens (tertiary/aromatic N) is 2. The summed E-state index contributed by atoms with van der Waals surface area (Å²) in [7, 11) is 1.48. The number of ether oxygens (including phenoxy) is 1. The molecule has 0 bridgehead atoms. The number of hydrogen-bond acceptors (Lipinski definition) is 7. The Kier molecular flexibility index (Phi) is 7.46. The summed E-state index contributed by atoms with van der Waals surface area (Å²) in [6.07, 6.45) is 0.818. The van der Waals surface area contributed by atoms with Crippen LogP contribution in [0.25, 0.3) is 11.1 Å². The molecular weight excluding hydrogens is 358 g/mol. The minimum Gasteiger partial charge on any atom is -0.455 e. The molecule has 2 amide bonds. The van der Waals surface area contributed by atoms with E-state index in [0.717, 1.165) is 18.2 Å². The van der Waals surface area contributed by atoms with Crippen molar-refractivity contribution in [1.29, 1.82) is 0 Å². The van der Waals surface area contributed by atoms with E-state index in [1.807, 2.05) is 25.1 Å². The lowest BCUT2D eigenvalue weighted by Gasteiger charge is -2.16. The molecule has 1 N–H and O–H groups in total. The fraction of sp³-hybridized carbons (Fsp3) is 0.412. The summed E-state index contributed by atoms with van der Waals surface area (Å²) in [5, 5.41) is 3.03. The van der Waals surface area contributed by atoms with Crippen molar-refractivity contribution >= 4 is 40.6 Å². The highest BCUT2D eigenvalue weighted by Crippen LogP contribution is 2.22. The minimum atomic E-state index is -0.561. The number of fused-ring (bicyclic) bond motifs is 1. The number of aromatic nitrogens is 1. The van der Waals surface area contributed by atoms with Gasteiger partial charge in [-0.2, -0.15) is 0 Å². The lowest BCUT2D eigenvalue weighted by Crippen LogP contribution is -2.40. The molecule has 0 fully saturated rings. The van der Waals surface area contributed by atoms with Gasteiger partial charge in [-0.25, -0.2) is 4.98 Å². The molecule has 1 aromatic carbocycles. The molecular formula is C17H21N3O5S. The zero-order valence-corrected chi connectivity index (χ0v) is 15.5. The first-order chi connectivity index (χ1) is 12.5. The third kappa shape index (κ3) is 6.07. The fourth-order valence-corrected chi connectivity index (χ4v) is 2.59. The number of benzene rings is 1. The van der Waals surface area contributed by atoms with Crippen molar-refractivity contribution in [2.24, 2.45) is 0 Å². The highest BCUT2D eigenvalue weighted by atomic mass is 32.2. The maximum atomic E-state index is 11.9. The quantitative estimate of drug-likeness (QED) is 0.520. The van der Waals surface area contributed by atoms with Crippen LogP contribution in [0.1, 0.15) is 13.3 Å². The molecule has 0 unspecified atom stereocenters. The lowest BCUT2D eigenvalue weighted by molar-refractivity contribution is -0.149. The van der Waals surface area contributed by atoms with E-state index in [0.29, 0.717) is 22.9 Å². The Bertz CT molecular complexity index is 744. The molecule has 8 nitrogen and oxygen atoms in total. The average Bonchev–Trinajstić information content (AvgIpc) is 3.05. The van der Waals surface area contributed by atoms with Gasteiger partial charge in [0.2, 0.25) is 5.91 Å². The number of esters is 1. The van der Waals surface area contributed by atoms with Crippen LogP contribution in [0, 0.1) is 0 Å². The van der Waals surface area contributed by atoms with Crippen LogP contribution in [0.5, 0.6) is 0 Å². The second-order valence-electron chi connectivity index (χ2n) is 5.50. The number of nitrogens with one attached hydrogen (secondary N) is 1. The van der Waals surface area contributed by atoms with Crippen LogP contribution < -0.4 is 5.32 Å². The van der Waals surface area contributed by atoms with Crippen molar-refractivity contribution in [1.82, 2.24) is 15.2 Å². The van der Waals surface area contributed by atoms with E-state index in [1.165, 1.54) is 11.9 Å². The number of thioether (sulfide) groups is 1. The molecule has 0 aliphatic heterocycles. The SMILES string of the molecule is CCCNC(=O)CN(C)C(=O)COC(=O)CSc1nc2ccccc2o1. The first-order valence-corrected chi connectivity index (χ1v) is 9.12. The first-order valence-electron chi connectivity index (χ1n) is 8.14. The minimum absolute atomic E-state index is 0.0270. The molecule has 0 atom stereocenters. The van der Waals surface area contributed by atoms with Crippen LogP contribution in [0.15, 0.2) is 33.9 Å². The van der Waals surface area contributed by atoms with Gasteiger partial charge in [-0.15, -0.1) is 0 Å². The summed E-state index contributed by atoms with van der Waals surface area (Å²) in [6.45, 7) is 2.01. The number of likely N-dealkylation sites (N-methyl/N-ethyl adjacent to an activating group) is 1. The zero-order chi connectivity index (χ0) is 18.9. The number of amides is 2. The third-order valence-corrected chi connectivity index (χ3v) is 4.12. The largest absolute Gasteiger partial charge is 0.455 e. The van der Waals surface area contributed by atoms with E-state index >= 15 is 0 Å². The Morgan fingerprint density at radius 3 is 2.81 bits per heavy atom. The maximum absolute atomic E-state index is 11.9. The third-order valence-electron chi connectivity index (χ3n) is 3.32. The second kappa shape index (κ2) is 9.81. The molecule has 140 valence electrons. The van der Waals surface area contributed by atoms with Gasteiger partial charge in [-0.1, -0.05) is 30.8 Å². The summed E-state index contributed by atoms with van der Waals surface area (Å²) in [5.74, 6) is -1.28. The Hall–Kier alpha value is -2.55. The summed E-state index contributed by atoms with van der Waals surface area (Å²) in [5.41, 5.74) is 1.35. The van der Waals surface area contributed by atoms with Gasteiger partial charge in [0, 0.05) is 13.6 Å². The normalized spacial score (nSPS) is 10.5. The Balaban J connectivity index is 1.70. The second-order valence-corrected chi connectivity index (χ2v) is 6.42. The van der Waals surface area contributed by atoms with Crippen molar-refractivity contribution < 1.29 is 23.5 Å². The molecule has 26 heavy (non-hydrogen) atoms. The average molecular weight is 379 g/mol. The smallest absolute Gasteiger partial charge is 0.316 e.